The van der Waals surface area contributed by atoms with Crippen molar-refractivity contribution in [3.05, 3.63) is 0 Å². The summed E-state index contributed by atoms with van der Waals surface area (Å²) in [6.07, 6.45) is 1.24. The lowest BCUT2D eigenvalue weighted by Crippen LogP contribution is -2.48. The molecule has 2 rings (SSSR count). The summed E-state index contributed by atoms with van der Waals surface area (Å²) < 4.78 is 0. The highest BCUT2D eigenvalue weighted by Gasteiger charge is 2.26. The summed E-state index contributed by atoms with van der Waals surface area (Å²) in [5.74, 6) is 0.725. The average molecular weight is 227 g/mol. The summed E-state index contributed by atoms with van der Waals surface area (Å²) in [5, 5.41) is 5.44. The lowest BCUT2D eigenvalue weighted by molar-refractivity contribution is 0.187. The highest BCUT2D eigenvalue weighted by Crippen LogP contribution is 2.22. The standard InChI is InChI=1S/C11H21N3S/c1-8-7-14(3)5-4-10(8)13-11-12-6-9(2)15-11/h8-10H,4-7H2,1-3H3,(H,12,13). The minimum absolute atomic E-state index is 0.623. The summed E-state index contributed by atoms with van der Waals surface area (Å²) in [6, 6.07) is 0.623. The Morgan fingerprint density at radius 3 is 2.87 bits per heavy atom. The first-order valence-corrected chi connectivity index (χ1v) is 6.69. The number of amidine groups is 1. The van der Waals surface area contributed by atoms with E-state index in [-0.39, 0.29) is 0 Å². The quantitative estimate of drug-likeness (QED) is 0.734. The molecular formula is C11H21N3S. The maximum Gasteiger partial charge on any atom is 0.157 e. The maximum atomic E-state index is 4.52. The summed E-state index contributed by atoms with van der Waals surface area (Å²) >= 11 is 1.89. The molecule has 1 N–H and O–H groups in total. The van der Waals surface area contributed by atoms with Crippen LogP contribution in [0.2, 0.25) is 0 Å². The van der Waals surface area contributed by atoms with Gasteiger partial charge in [-0.25, -0.2) is 0 Å². The van der Waals surface area contributed by atoms with Gasteiger partial charge in [0.25, 0.3) is 0 Å². The van der Waals surface area contributed by atoms with Gasteiger partial charge < -0.3 is 10.2 Å². The van der Waals surface area contributed by atoms with Crippen molar-refractivity contribution in [1.29, 1.82) is 0 Å². The second-order valence-corrected chi connectivity index (χ2v) is 6.28. The minimum atomic E-state index is 0.623. The van der Waals surface area contributed by atoms with E-state index in [2.05, 4.69) is 36.1 Å². The van der Waals surface area contributed by atoms with Crippen molar-refractivity contribution in [2.24, 2.45) is 10.9 Å². The first-order valence-electron chi connectivity index (χ1n) is 5.81. The molecule has 15 heavy (non-hydrogen) atoms. The van der Waals surface area contributed by atoms with E-state index >= 15 is 0 Å². The van der Waals surface area contributed by atoms with Crippen LogP contribution in [0.4, 0.5) is 0 Å². The van der Waals surface area contributed by atoms with Crippen molar-refractivity contribution in [1.82, 2.24) is 10.2 Å². The van der Waals surface area contributed by atoms with Crippen LogP contribution >= 0.6 is 11.8 Å². The molecule has 3 atom stereocenters. The molecule has 2 heterocycles. The van der Waals surface area contributed by atoms with Crippen LogP contribution in [0.25, 0.3) is 0 Å². The van der Waals surface area contributed by atoms with Gasteiger partial charge in [-0.2, -0.15) is 0 Å². The Kier molecular flexibility index (Phi) is 3.57. The number of hydrogen-bond acceptors (Lipinski definition) is 4. The number of aliphatic imine (C=N–C) groups is 1. The molecule has 0 amide bonds. The van der Waals surface area contributed by atoms with Crippen LogP contribution < -0.4 is 5.32 Å². The highest BCUT2D eigenvalue weighted by molar-refractivity contribution is 8.14. The first kappa shape index (κ1) is 11.3. The molecule has 0 radical (unpaired) electrons. The normalized spacial score (nSPS) is 37.8. The predicted octanol–water partition coefficient (Wildman–Crippen LogP) is 1.41. The van der Waals surface area contributed by atoms with Crippen molar-refractivity contribution in [3.8, 4) is 0 Å². The predicted molar refractivity (Wildman–Crippen MR) is 67.6 cm³/mol. The molecule has 3 unspecified atom stereocenters. The van der Waals surface area contributed by atoms with Crippen molar-refractivity contribution in [2.45, 2.75) is 31.6 Å². The third kappa shape index (κ3) is 2.88. The number of nitrogens with zero attached hydrogens (tertiary/aromatic N) is 2. The Morgan fingerprint density at radius 1 is 1.47 bits per heavy atom. The zero-order valence-corrected chi connectivity index (χ0v) is 10.7. The third-order valence-electron chi connectivity index (χ3n) is 3.22. The molecular weight excluding hydrogens is 206 g/mol. The van der Waals surface area contributed by atoms with E-state index in [1.54, 1.807) is 0 Å². The first-order chi connectivity index (χ1) is 7.15. The number of nitrogens with one attached hydrogen (secondary N) is 1. The summed E-state index contributed by atoms with van der Waals surface area (Å²) in [4.78, 5) is 6.93. The van der Waals surface area contributed by atoms with E-state index in [9.17, 15) is 0 Å². The number of likely N-dealkylation sites (tertiary alicyclic amines) is 1. The van der Waals surface area contributed by atoms with Gasteiger partial charge in [-0.15, -0.1) is 0 Å². The van der Waals surface area contributed by atoms with Crippen molar-refractivity contribution in [3.63, 3.8) is 0 Å². The number of rotatable bonds is 1. The number of piperidine rings is 1. The molecule has 0 saturated carbocycles. The molecule has 3 nitrogen and oxygen atoms in total. The fourth-order valence-electron chi connectivity index (χ4n) is 2.28. The largest absolute Gasteiger partial charge is 0.362 e. The summed E-state index contributed by atoms with van der Waals surface area (Å²) in [7, 11) is 2.20. The summed E-state index contributed by atoms with van der Waals surface area (Å²) in [5.41, 5.74) is 0. The molecule has 1 saturated heterocycles. The Balaban J connectivity index is 1.84. The van der Waals surface area contributed by atoms with Gasteiger partial charge in [0.1, 0.15) is 0 Å². The van der Waals surface area contributed by atoms with E-state index in [1.165, 1.54) is 24.7 Å². The monoisotopic (exact) mass is 227 g/mol. The Bertz CT molecular complexity index is 254. The Hall–Kier alpha value is -0.220. The lowest BCUT2D eigenvalue weighted by Gasteiger charge is -2.35. The molecule has 0 aliphatic carbocycles. The zero-order chi connectivity index (χ0) is 10.8. The van der Waals surface area contributed by atoms with Crippen LogP contribution in [0, 0.1) is 5.92 Å². The van der Waals surface area contributed by atoms with E-state index in [0.29, 0.717) is 11.3 Å². The SMILES string of the molecule is CC1CN=C(NC2CCN(C)CC2C)S1. The van der Waals surface area contributed by atoms with E-state index in [1.807, 2.05) is 11.8 Å². The van der Waals surface area contributed by atoms with Crippen molar-refractivity contribution < 1.29 is 0 Å². The highest BCUT2D eigenvalue weighted by atomic mass is 32.2. The van der Waals surface area contributed by atoms with E-state index in [4.69, 9.17) is 0 Å². The second-order valence-electron chi connectivity index (χ2n) is 4.85. The van der Waals surface area contributed by atoms with Crippen molar-refractivity contribution >= 4 is 16.9 Å². The van der Waals surface area contributed by atoms with Crippen LogP contribution in [0.5, 0.6) is 0 Å². The van der Waals surface area contributed by atoms with Gasteiger partial charge in [-0.1, -0.05) is 25.6 Å². The molecule has 1 fully saturated rings. The fraction of sp³-hybridized carbons (Fsp3) is 0.909. The lowest BCUT2D eigenvalue weighted by atomic mass is 9.94. The minimum Gasteiger partial charge on any atom is -0.362 e. The Morgan fingerprint density at radius 2 is 2.27 bits per heavy atom. The van der Waals surface area contributed by atoms with Gasteiger partial charge in [-0.05, 0) is 25.9 Å². The van der Waals surface area contributed by atoms with Crippen LogP contribution in [-0.4, -0.2) is 48.0 Å². The van der Waals surface area contributed by atoms with Crippen LogP contribution in [0.3, 0.4) is 0 Å². The van der Waals surface area contributed by atoms with E-state index in [0.717, 1.165) is 12.5 Å². The molecule has 0 spiro atoms. The topological polar surface area (TPSA) is 27.6 Å². The van der Waals surface area contributed by atoms with Crippen molar-refractivity contribution in [2.75, 3.05) is 26.7 Å². The summed E-state index contributed by atoms with van der Waals surface area (Å²) in [6.45, 7) is 7.95. The Labute approximate surface area is 96.7 Å². The van der Waals surface area contributed by atoms with Crippen LogP contribution in [-0.2, 0) is 0 Å². The smallest absolute Gasteiger partial charge is 0.157 e. The molecule has 0 aromatic carbocycles. The van der Waals surface area contributed by atoms with Gasteiger partial charge in [0.15, 0.2) is 5.17 Å². The molecule has 0 aromatic heterocycles. The molecule has 4 heteroatoms. The zero-order valence-electron chi connectivity index (χ0n) is 9.86. The van der Waals surface area contributed by atoms with Gasteiger partial charge in [0, 0.05) is 17.8 Å². The van der Waals surface area contributed by atoms with E-state index < -0.39 is 0 Å². The average Bonchev–Trinajstić information content (AvgIpc) is 2.56. The van der Waals surface area contributed by atoms with Crippen LogP contribution in [0.1, 0.15) is 20.3 Å². The van der Waals surface area contributed by atoms with Gasteiger partial charge in [0.05, 0.1) is 6.54 Å². The van der Waals surface area contributed by atoms with Gasteiger partial charge in [0.2, 0.25) is 0 Å². The van der Waals surface area contributed by atoms with Gasteiger partial charge >= 0.3 is 0 Å². The second kappa shape index (κ2) is 4.74. The third-order valence-corrected chi connectivity index (χ3v) is 4.24. The molecule has 86 valence electrons. The molecule has 0 aromatic rings. The maximum absolute atomic E-state index is 4.52. The molecule has 2 aliphatic rings. The number of hydrogen-bond donors (Lipinski definition) is 1. The van der Waals surface area contributed by atoms with Crippen LogP contribution in [0.15, 0.2) is 4.99 Å². The van der Waals surface area contributed by atoms with Gasteiger partial charge in [-0.3, -0.25) is 4.99 Å². The number of thioether (sulfide) groups is 1. The molecule has 2 aliphatic heterocycles. The fourth-order valence-corrected chi connectivity index (χ4v) is 3.18. The molecule has 0 bridgehead atoms.